The smallest absolute Gasteiger partial charge is 0.197 e. The first-order chi connectivity index (χ1) is 9.13. The van der Waals surface area contributed by atoms with Gasteiger partial charge in [0.05, 0.1) is 12.9 Å². The second kappa shape index (κ2) is 4.23. The van der Waals surface area contributed by atoms with Crippen molar-refractivity contribution in [1.29, 1.82) is 0 Å². The van der Waals surface area contributed by atoms with Gasteiger partial charge in [0, 0.05) is 0 Å². The zero-order valence-corrected chi connectivity index (χ0v) is 9.67. The van der Waals surface area contributed by atoms with Crippen LogP contribution in [-0.4, -0.2) is 54.3 Å². The fraction of sp³-hybridized carbons (Fsp3) is 0.400. The van der Waals surface area contributed by atoms with E-state index in [1.54, 1.807) is 0 Å². The number of carbonyl (C=O) groups excluding carboxylic acids is 1. The van der Waals surface area contributed by atoms with Crippen LogP contribution in [0.5, 0.6) is 0 Å². The van der Waals surface area contributed by atoms with E-state index < -0.39 is 30.8 Å². The van der Waals surface area contributed by atoms with Gasteiger partial charge < -0.3 is 20.7 Å². The van der Waals surface area contributed by atoms with Crippen molar-refractivity contribution in [2.45, 2.75) is 18.4 Å². The number of aromatic nitrogens is 4. The summed E-state index contributed by atoms with van der Waals surface area (Å²) in [7, 11) is 0. The molecule has 9 nitrogen and oxygen atoms in total. The van der Waals surface area contributed by atoms with E-state index in [1.807, 2.05) is 0 Å². The van der Waals surface area contributed by atoms with Crippen molar-refractivity contribution in [3.8, 4) is 0 Å². The van der Waals surface area contributed by atoms with E-state index in [1.165, 1.54) is 17.2 Å². The van der Waals surface area contributed by atoms with Crippen LogP contribution in [0.1, 0.15) is 6.23 Å². The first-order valence-corrected chi connectivity index (χ1v) is 5.54. The maximum absolute atomic E-state index is 11.6. The Kier molecular flexibility index (Phi) is 2.66. The van der Waals surface area contributed by atoms with Crippen LogP contribution in [0.25, 0.3) is 11.2 Å². The van der Waals surface area contributed by atoms with Gasteiger partial charge >= 0.3 is 0 Å². The number of nitrogen functional groups attached to an aromatic ring is 1. The summed E-state index contributed by atoms with van der Waals surface area (Å²) in [5, 5.41) is 18.9. The molecule has 0 aliphatic carbocycles. The number of nitrogens with two attached hydrogens (primary N) is 1. The third kappa shape index (κ3) is 1.67. The van der Waals surface area contributed by atoms with Gasteiger partial charge in [0.25, 0.3) is 0 Å². The van der Waals surface area contributed by atoms with Crippen molar-refractivity contribution in [2.75, 3.05) is 12.3 Å². The Morgan fingerprint density at radius 1 is 1.42 bits per heavy atom. The highest BCUT2D eigenvalue weighted by Gasteiger charge is 2.43. The molecule has 0 amide bonds. The van der Waals surface area contributed by atoms with Crippen LogP contribution in [-0.2, 0) is 9.53 Å². The van der Waals surface area contributed by atoms with Gasteiger partial charge in [0.2, 0.25) is 0 Å². The summed E-state index contributed by atoms with van der Waals surface area (Å²) >= 11 is 0. The fourth-order valence-corrected chi connectivity index (χ4v) is 2.05. The van der Waals surface area contributed by atoms with E-state index in [0.29, 0.717) is 11.2 Å². The van der Waals surface area contributed by atoms with Crippen LogP contribution in [0.4, 0.5) is 5.82 Å². The Hall–Kier alpha value is -2.10. The SMILES string of the molecule is Nc1ncnc2c1ncn2C1OC(CO)C(=O)C1O. The summed E-state index contributed by atoms with van der Waals surface area (Å²) in [5.41, 5.74) is 6.36. The molecule has 0 aromatic carbocycles. The number of hydrogen-bond acceptors (Lipinski definition) is 8. The van der Waals surface area contributed by atoms with Crippen molar-refractivity contribution in [3.63, 3.8) is 0 Å². The van der Waals surface area contributed by atoms with Gasteiger partial charge in [0.15, 0.2) is 29.6 Å². The minimum absolute atomic E-state index is 0.196. The van der Waals surface area contributed by atoms with E-state index in [9.17, 15) is 9.90 Å². The Balaban J connectivity index is 2.06. The van der Waals surface area contributed by atoms with Crippen molar-refractivity contribution >= 4 is 22.8 Å². The molecule has 0 saturated carbocycles. The van der Waals surface area contributed by atoms with Gasteiger partial charge in [-0.3, -0.25) is 9.36 Å². The van der Waals surface area contributed by atoms with Crippen molar-refractivity contribution in [1.82, 2.24) is 19.5 Å². The number of fused-ring (bicyclic) bond motifs is 1. The largest absolute Gasteiger partial charge is 0.393 e. The molecule has 3 rings (SSSR count). The molecule has 1 saturated heterocycles. The second-order valence-corrected chi connectivity index (χ2v) is 4.13. The van der Waals surface area contributed by atoms with Crippen LogP contribution in [0.15, 0.2) is 12.7 Å². The highest BCUT2D eigenvalue weighted by molar-refractivity contribution is 5.89. The predicted octanol–water partition coefficient (Wildman–Crippen LogP) is -1.77. The molecule has 0 radical (unpaired) electrons. The predicted molar refractivity (Wildman–Crippen MR) is 61.7 cm³/mol. The molecule has 0 spiro atoms. The molecule has 0 bridgehead atoms. The lowest BCUT2D eigenvalue weighted by Gasteiger charge is -2.14. The molecule has 19 heavy (non-hydrogen) atoms. The van der Waals surface area contributed by atoms with Gasteiger partial charge in [-0.05, 0) is 0 Å². The number of ketones is 1. The molecular weight excluding hydrogens is 254 g/mol. The number of rotatable bonds is 2. The summed E-state index contributed by atoms with van der Waals surface area (Å²) < 4.78 is 6.69. The minimum Gasteiger partial charge on any atom is -0.393 e. The van der Waals surface area contributed by atoms with E-state index in [2.05, 4.69) is 15.0 Å². The number of aliphatic hydroxyl groups excluding tert-OH is 2. The van der Waals surface area contributed by atoms with E-state index in [0.717, 1.165) is 0 Å². The lowest BCUT2D eigenvalue weighted by atomic mass is 10.2. The number of aliphatic hydroxyl groups is 2. The summed E-state index contributed by atoms with van der Waals surface area (Å²) in [6.45, 7) is -0.490. The number of anilines is 1. The monoisotopic (exact) mass is 265 g/mol. The maximum Gasteiger partial charge on any atom is 0.197 e. The topological polar surface area (TPSA) is 136 Å². The third-order valence-electron chi connectivity index (χ3n) is 3.01. The Bertz CT molecular complexity index is 642. The van der Waals surface area contributed by atoms with E-state index in [4.69, 9.17) is 15.6 Å². The van der Waals surface area contributed by atoms with Crippen molar-refractivity contribution < 1.29 is 19.7 Å². The van der Waals surface area contributed by atoms with Gasteiger partial charge in [0.1, 0.15) is 17.9 Å². The van der Waals surface area contributed by atoms with Crippen LogP contribution >= 0.6 is 0 Å². The fourth-order valence-electron chi connectivity index (χ4n) is 2.05. The quantitative estimate of drug-likeness (QED) is 0.580. The van der Waals surface area contributed by atoms with Gasteiger partial charge in [-0.25, -0.2) is 15.0 Å². The normalized spacial score (nSPS) is 27.3. The highest BCUT2D eigenvalue weighted by atomic mass is 16.6. The molecule has 2 aromatic heterocycles. The van der Waals surface area contributed by atoms with E-state index in [-0.39, 0.29) is 5.82 Å². The minimum atomic E-state index is -1.38. The average Bonchev–Trinajstić information content (AvgIpc) is 2.94. The average molecular weight is 265 g/mol. The molecule has 3 heterocycles. The first-order valence-electron chi connectivity index (χ1n) is 5.54. The number of hydrogen-bond donors (Lipinski definition) is 3. The molecule has 1 fully saturated rings. The molecule has 9 heteroatoms. The van der Waals surface area contributed by atoms with Crippen LogP contribution in [0.2, 0.25) is 0 Å². The highest BCUT2D eigenvalue weighted by Crippen LogP contribution is 2.29. The number of nitrogens with zero attached hydrogens (tertiary/aromatic N) is 4. The molecule has 1 aliphatic rings. The van der Waals surface area contributed by atoms with E-state index >= 15 is 0 Å². The standard InChI is InChI=1S/C10H11N5O4/c11-8-5-9(13-2-12-8)15(3-14-5)10-7(18)6(17)4(1-16)19-10/h2-4,7,10,16,18H,1H2,(H2,11,12,13). The van der Waals surface area contributed by atoms with Crippen LogP contribution in [0.3, 0.4) is 0 Å². The maximum atomic E-state index is 11.6. The first kappa shape index (κ1) is 12.0. The second-order valence-electron chi connectivity index (χ2n) is 4.13. The van der Waals surface area contributed by atoms with Gasteiger partial charge in [-0.1, -0.05) is 0 Å². The molecule has 4 N–H and O–H groups in total. The Morgan fingerprint density at radius 2 is 2.21 bits per heavy atom. The number of Topliss-reactive ketones (excluding diaryl/α,β-unsaturated/α-hetero) is 1. The van der Waals surface area contributed by atoms with Crippen molar-refractivity contribution in [2.24, 2.45) is 0 Å². The Labute approximate surface area is 106 Å². The van der Waals surface area contributed by atoms with Gasteiger partial charge in [-0.2, -0.15) is 0 Å². The summed E-state index contributed by atoms with van der Waals surface area (Å²) in [6, 6.07) is 0. The molecule has 3 atom stereocenters. The number of ether oxygens (including phenoxy) is 1. The molecular formula is C10H11N5O4. The summed E-state index contributed by atoms with van der Waals surface area (Å²) in [5.74, 6) is -0.377. The van der Waals surface area contributed by atoms with Crippen LogP contribution < -0.4 is 5.73 Å². The molecule has 100 valence electrons. The third-order valence-corrected chi connectivity index (χ3v) is 3.01. The summed E-state index contributed by atoms with van der Waals surface area (Å²) in [6.07, 6.45) is -0.801. The summed E-state index contributed by atoms with van der Waals surface area (Å²) in [4.78, 5) is 23.4. The zero-order chi connectivity index (χ0) is 13.6. The molecule has 2 aromatic rings. The van der Waals surface area contributed by atoms with Crippen LogP contribution in [0, 0.1) is 0 Å². The van der Waals surface area contributed by atoms with Crippen molar-refractivity contribution in [3.05, 3.63) is 12.7 Å². The molecule has 1 aliphatic heterocycles. The van der Waals surface area contributed by atoms with Gasteiger partial charge in [-0.15, -0.1) is 0 Å². The molecule has 3 unspecified atom stereocenters. The number of imidazole rings is 1. The lowest BCUT2D eigenvalue weighted by Crippen LogP contribution is -2.27. The lowest BCUT2D eigenvalue weighted by molar-refractivity contribution is -0.128. The number of carbonyl (C=O) groups is 1. The Morgan fingerprint density at radius 3 is 2.89 bits per heavy atom. The zero-order valence-electron chi connectivity index (χ0n) is 9.67.